The lowest BCUT2D eigenvalue weighted by molar-refractivity contribution is -0.136. The molecule has 0 spiro atoms. The van der Waals surface area contributed by atoms with Gasteiger partial charge in [-0.3, -0.25) is 9.69 Å². The molecule has 0 aromatic heterocycles. The molecule has 1 atom stereocenters. The molecular formula is C14H19NO2S. The molecular weight excluding hydrogens is 246 g/mol. The average Bonchev–Trinajstić information content (AvgIpc) is 2.34. The average molecular weight is 265 g/mol. The van der Waals surface area contributed by atoms with Crippen molar-refractivity contribution in [2.24, 2.45) is 0 Å². The van der Waals surface area contributed by atoms with Gasteiger partial charge in [-0.05, 0) is 18.1 Å². The summed E-state index contributed by atoms with van der Waals surface area (Å²) in [7, 11) is 0. The number of thioether (sulfide) groups is 1. The maximum atomic E-state index is 10.9. The van der Waals surface area contributed by atoms with Gasteiger partial charge in [0.25, 0.3) is 0 Å². The quantitative estimate of drug-likeness (QED) is 0.906. The number of hydrogen-bond donors (Lipinski definition) is 1. The second kappa shape index (κ2) is 6.25. The number of carboxylic acid groups (broad SMARTS) is 1. The Bertz CT molecular complexity index is 422. The van der Waals surface area contributed by atoms with Gasteiger partial charge in [0.05, 0.1) is 6.42 Å². The number of nitrogens with zero attached hydrogens (tertiary/aromatic N) is 1. The van der Waals surface area contributed by atoms with Crippen molar-refractivity contribution >= 4 is 17.7 Å². The van der Waals surface area contributed by atoms with E-state index >= 15 is 0 Å². The minimum Gasteiger partial charge on any atom is -0.481 e. The molecule has 1 fully saturated rings. The van der Waals surface area contributed by atoms with E-state index in [0.717, 1.165) is 24.2 Å². The van der Waals surface area contributed by atoms with E-state index in [4.69, 9.17) is 5.11 Å². The summed E-state index contributed by atoms with van der Waals surface area (Å²) in [6, 6.07) is 8.45. The van der Waals surface area contributed by atoms with E-state index in [1.165, 1.54) is 11.5 Å². The first kappa shape index (κ1) is 13.4. The zero-order valence-corrected chi connectivity index (χ0v) is 11.4. The molecule has 1 saturated heterocycles. The van der Waals surface area contributed by atoms with Gasteiger partial charge >= 0.3 is 5.97 Å². The molecule has 1 aliphatic heterocycles. The highest BCUT2D eigenvalue weighted by atomic mass is 32.2. The summed E-state index contributed by atoms with van der Waals surface area (Å²) in [5, 5.41) is 8.93. The van der Waals surface area contributed by atoms with E-state index in [2.05, 4.69) is 11.8 Å². The summed E-state index contributed by atoms with van der Waals surface area (Å²) < 4.78 is 0. The minimum absolute atomic E-state index is 0.118. The second-order valence-electron chi connectivity index (χ2n) is 4.73. The van der Waals surface area contributed by atoms with Crippen molar-refractivity contribution in [2.45, 2.75) is 25.9 Å². The van der Waals surface area contributed by atoms with Crippen LogP contribution in [-0.4, -0.2) is 40.1 Å². The zero-order valence-electron chi connectivity index (χ0n) is 10.6. The number of carboxylic acids is 1. The predicted octanol–water partition coefficient (Wildman–Crippen LogP) is 2.25. The summed E-state index contributed by atoms with van der Waals surface area (Å²) >= 11 is 2.00. The summed E-state index contributed by atoms with van der Waals surface area (Å²) in [6.45, 7) is 4.20. The van der Waals surface area contributed by atoms with Crippen LogP contribution in [0.2, 0.25) is 0 Å². The van der Waals surface area contributed by atoms with E-state index in [-0.39, 0.29) is 6.42 Å². The lowest BCUT2D eigenvalue weighted by Crippen LogP contribution is -2.39. The first-order chi connectivity index (χ1) is 8.66. The molecule has 1 aliphatic rings. The number of benzene rings is 1. The molecule has 1 N–H and O–H groups in total. The van der Waals surface area contributed by atoms with Crippen LogP contribution in [0.25, 0.3) is 0 Å². The van der Waals surface area contributed by atoms with Crippen molar-refractivity contribution in [1.82, 2.24) is 4.90 Å². The van der Waals surface area contributed by atoms with Gasteiger partial charge in [-0.15, -0.1) is 0 Å². The molecule has 0 saturated carbocycles. The fourth-order valence-corrected chi connectivity index (χ4v) is 3.34. The molecule has 0 aliphatic carbocycles. The van der Waals surface area contributed by atoms with Crippen LogP contribution in [0.1, 0.15) is 18.1 Å². The van der Waals surface area contributed by atoms with Crippen molar-refractivity contribution in [2.75, 3.05) is 18.1 Å². The Labute approximate surface area is 112 Å². The van der Waals surface area contributed by atoms with Crippen LogP contribution in [0.15, 0.2) is 24.3 Å². The lowest BCUT2D eigenvalue weighted by atomic mass is 10.0. The SMILES string of the molecule is CC1CSCCN1Cc1ccccc1CC(=O)O. The Morgan fingerprint density at radius 1 is 1.44 bits per heavy atom. The van der Waals surface area contributed by atoms with Crippen LogP contribution in [0.3, 0.4) is 0 Å². The number of rotatable bonds is 4. The molecule has 1 heterocycles. The Balaban J connectivity index is 2.10. The van der Waals surface area contributed by atoms with Crippen LogP contribution >= 0.6 is 11.8 Å². The van der Waals surface area contributed by atoms with Gasteiger partial charge in [0.1, 0.15) is 0 Å². The number of aliphatic carboxylic acids is 1. The first-order valence-corrected chi connectivity index (χ1v) is 7.42. The minimum atomic E-state index is -0.760. The molecule has 18 heavy (non-hydrogen) atoms. The van der Waals surface area contributed by atoms with E-state index < -0.39 is 5.97 Å². The van der Waals surface area contributed by atoms with Crippen molar-refractivity contribution < 1.29 is 9.90 Å². The van der Waals surface area contributed by atoms with Crippen LogP contribution in [0.4, 0.5) is 0 Å². The van der Waals surface area contributed by atoms with Crippen molar-refractivity contribution in [1.29, 1.82) is 0 Å². The molecule has 0 amide bonds. The molecule has 98 valence electrons. The molecule has 1 unspecified atom stereocenters. The van der Waals surface area contributed by atoms with Gasteiger partial charge in [-0.25, -0.2) is 0 Å². The highest BCUT2D eigenvalue weighted by molar-refractivity contribution is 7.99. The highest BCUT2D eigenvalue weighted by Gasteiger charge is 2.19. The summed E-state index contributed by atoms with van der Waals surface area (Å²) in [4.78, 5) is 13.3. The van der Waals surface area contributed by atoms with E-state index in [0.29, 0.717) is 6.04 Å². The monoisotopic (exact) mass is 265 g/mol. The van der Waals surface area contributed by atoms with Gasteiger partial charge in [0.2, 0.25) is 0 Å². The van der Waals surface area contributed by atoms with Crippen molar-refractivity contribution in [3.8, 4) is 0 Å². The third-order valence-corrected chi connectivity index (χ3v) is 4.53. The van der Waals surface area contributed by atoms with Gasteiger partial charge in [0, 0.05) is 30.6 Å². The molecule has 0 radical (unpaired) electrons. The fraction of sp³-hybridized carbons (Fsp3) is 0.500. The lowest BCUT2D eigenvalue weighted by Gasteiger charge is -2.33. The Morgan fingerprint density at radius 3 is 2.83 bits per heavy atom. The first-order valence-electron chi connectivity index (χ1n) is 6.27. The number of carbonyl (C=O) groups is 1. The Morgan fingerprint density at radius 2 is 2.17 bits per heavy atom. The molecule has 1 aromatic rings. The highest BCUT2D eigenvalue weighted by Crippen LogP contribution is 2.20. The summed E-state index contributed by atoms with van der Waals surface area (Å²) in [5.74, 6) is 1.58. The van der Waals surface area contributed by atoms with Crippen LogP contribution in [0.5, 0.6) is 0 Å². The largest absolute Gasteiger partial charge is 0.481 e. The van der Waals surface area contributed by atoms with Gasteiger partial charge in [0.15, 0.2) is 0 Å². The zero-order chi connectivity index (χ0) is 13.0. The maximum absolute atomic E-state index is 10.9. The smallest absolute Gasteiger partial charge is 0.307 e. The summed E-state index contributed by atoms with van der Waals surface area (Å²) in [6.07, 6.45) is 0.118. The fourth-order valence-electron chi connectivity index (χ4n) is 2.26. The van der Waals surface area contributed by atoms with Gasteiger partial charge in [-0.2, -0.15) is 11.8 Å². The van der Waals surface area contributed by atoms with E-state index in [1.807, 2.05) is 36.0 Å². The predicted molar refractivity (Wildman–Crippen MR) is 75.0 cm³/mol. The normalized spacial score (nSPS) is 20.8. The molecule has 0 bridgehead atoms. The maximum Gasteiger partial charge on any atom is 0.307 e. The molecule has 3 nitrogen and oxygen atoms in total. The molecule has 4 heteroatoms. The topological polar surface area (TPSA) is 40.5 Å². The molecule has 1 aromatic carbocycles. The van der Waals surface area contributed by atoms with E-state index in [1.54, 1.807) is 0 Å². The standard InChI is InChI=1S/C14H19NO2S/c1-11-10-18-7-6-15(11)9-13-5-3-2-4-12(13)8-14(16)17/h2-5,11H,6-10H2,1H3,(H,16,17). The Hall–Kier alpha value is -1.00. The van der Waals surface area contributed by atoms with Gasteiger partial charge in [-0.1, -0.05) is 24.3 Å². The second-order valence-corrected chi connectivity index (χ2v) is 5.88. The molecule has 2 rings (SSSR count). The van der Waals surface area contributed by atoms with Crippen LogP contribution < -0.4 is 0 Å². The third-order valence-electron chi connectivity index (χ3n) is 3.34. The third kappa shape index (κ3) is 3.50. The van der Waals surface area contributed by atoms with E-state index in [9.17, 15) is 4.79 Å². The van der Waals surface area contributed by atoms with Gasteiger partial charge < -0.3 is 5.11 Å². The summed E-state index contributed by atoms with van der Waals surface area (Å²) in [5.41, 5.74) is 2.09. The van der Waals surface area contributed by atoms with Crippen molar-refractivity contribution in [3.05, 3.63) is 35.4 Å². The number of hydrogen-bond acceptors (Lipinski definition) is 3. The van der Waals surface area contributed by atoms with Crippen LogP contribution in [-0.2, 0) is 17.8 Å². The van der Waals surface area contributed by atoms with Crippen molar-refractivity contribution in [3.63, 3.8) is 0 Å². The van der Waals surface area contributed by atoms with Crippen LogP contribution in [0, 0.1) is 0 Å². The Kier molecular flexibility index (Phi) is 4.66.